The van der Waals surface area contributed by atoms with E-state index in [4.69, 9.17) is 21.1 Å². The van der Waals surface area contributed by atoms with E-state index >= 15 is 0 Å². The molecular weight excluding hydrogens is 192 g/mol. The fourth-order valence-electron chi connectivity index (χ4n) is 0.234. The minimum atomic E-state index is -4.71. The topological polar surface area (TPSA) is 153 Å². The molecule has 0 aromatic heterocycles. The van der Waals surface area contributed by atoms with Gasteiger partial charge in [-0.25, -0.2) is 8.98 Å². The van der Waals surface area contributed by atoms with E-state index in [1.807, 2.05) is 0 Å². The van der Waals surface area contributed by atoms with E-state index in [1.165, 1.54) is 0 Å². The van der Waals surface area contributed by atoms with Crippen molar-refractivity contribution in [2.75, 3.05) is 6.61 Å². The first-order valence-electron chi connectivity index (χ1n) is 2.58. The molecule has 0 saturated heterocycles. The highest BCUT2D eigenvalue weighted by molar-refractivity contribution is 7.80. The Bertz CT molecular complexity index is 269. The van der Waals surface area contributed by atoms with Crippen molar-refractivity contribution >= 4 is 16.4 Å². The zero-order valence-corrected chi connectivity index (χ0v) is 6.61. The molecule has 0 amide bonds. The summed E-state index contributed by atoms with van der Waals surface area (Å²) in [5, 5.41) is 8.23. The van der Waals surface area contributed by atoms with Gasteiger partial charge in [-0.05, 0) is 0 Å². The highest BCUT2D eigenvalue weighted by atomic mass is 32.3. The summed E-state index contributed by atoms with van der Waals surface area (Å²) in [6.07, 6.45) is 0. The van der Waals surface area contributed by atoms with Crippen LogP contribution in [-0.2, 0) is 19.4 Å². The zero-order valence-electron chi connectivity index (χ0n) is 5.80. The summed E-state index contributed by atoms with van der Waals surface area (Å²) in [6.45, 7) is -1.04. The van der Waals surface area contributed by atoms with Gasteiger partial charge in [0.05, 0.1) is 0 Å². The van der Waals surface area contributed by atoms with E-state index < -0.39 is 28.6 Å². The fraction of sp³-hybridized carbons (Fsp3) is 0.667. The van der Waals surface area contributed by atoms with Gasteiger partial charge in [-0.2, -0.15) is 8.42 Å². The minimum Gasteiger partial charge on any atom is -0.479 e. The molecule has 0 aliphatic rings. The van der Waals surface area contributed by atoms with Gasteiger partial charge in [-0.1, -0.05) is 0 Å². The number of aliphatic carboxylic acids is 1. The maximum absolute atomic E-state index is 10.1. The van der Waals surface area contributed by atoms with Gasteiger partial charge in [-0.3, -0.25) is 4.55 Å². The van der Waals surface area contributed by atoms with Crippen molar-refractivity contribution < 1.29 is 27.1 Å². The summed E-state index contributed by atoms with van der Waals surface area (Å²) in [6, 6.07) is 0. The predicted octanol–water partition coefficient (Wildman–Crippen LogP) is -2.50. The maximum Gasteiger partial charge on any atom is 0.397 e. The molecule has 0 aliphatic heterocycles. The highest BCUT2D eigenvalue weighted by Crippen LogP contribution is 1.95. The summed E-state index contributed by atoms with van der Waals surface area (Å²) in [5.41, 5.74) is 7.35. The Balaban J connectivity index is 4.20. The van der Waals surface area contributed by atoms with Gasteiger partial charge in [-0.15, -0.1) is 0 Å². The third-order valence-corrected chi connectivity index (χ3v) is 1.26. The van der Waals surface area contributed by atoms with Gasteiger partial charge in [0, 0.05) is 0 Å². The molecule has 0 heterocycles. The Morgan fingerprint density at radius 1 is 1.50 bits per heavy atom. The van der Waals surface area contributed by atoms with Crippen LogP contribution in [0.2, 0.25) is 0 Å². The van der Waals surface area contributed by atoms with Crippen LogP contribution >= 0.6 is 0 Å². The second-order valence-corrected chi connectivity index (χ2v) is 3.13. The lowest BCUT2D eigenvalue weighted by Gasteiger charge is -2.16. The van der Waals surface area contributed by atoms with E-state index in [0.717, 1.165) is 0 Å². The number of hydrogen-bond acceptors (Lipinski definition) is 6. The molecule has 0 unspecified atom stereocenters. The molecule has 12 heavy (non-hydrogen) atoms. The quantitative estimate of drug-likeness (QED) is 0.287. The summed E-state index contributed by atoms with van der Waals surface area (Å²) in [4.78, 5) is 10.1. The van der Waals surface area contributed by atoms with Crippen molar-refractivity contribution in [1.82, 2.24) is 0 Å². The molecule has 0 aliphatic carbocycles. The SMILES string of the molecule is NC(N)(COS(=O)(=O)O)C(=O)O. The number of nitrogens with two attached hydrogens (primary N) is 2. The van der Waals surface area contributed by atoms with E-state index in [9.17, 15) is 13.2 Å². The van der Waals surface area contributed by atoms with Crippen molar-refractivity contribution in [1.29, 1.82) is 0 Å². The van der Waals surface area contributed by atoms with Crippen molar-refractivity contribution in [3.8, 4) is 0 Å². The third-order valence-electron chi connectivity index (χ3n) is 0.845. The average molecular weight is 200 g/mol. The zero-order chi connectivity index (χ0) is 9.99. The monoisotopic (exact) mass is 200 g/mol. The molecule has 8 nitrogen and oxygen atoms in total. The molecule has 0 atom stereocenters. The Labute approximate surface area is 68.1 Å². The van der Waals surface area contributed by atoms with Crippen LogP contribution in [0.5, 0.6) is 0 Å². The largest absolute Gasteiger partial charge is 0.479 e. The van der Waals surface area contributed by atoms with Crippen molar-refractivity contribution in [2.45, 2.75) is 5.66 Å². The molecule has 72 valence electrons. The molecule has 0 bridgehead atoms. The lowest BCUT2D eigenvalue weighted by molar-refractivity contribution is -0.144. The van der Waals surface area contributed by atoms with Gasteiger partial charge < -0.3 is 16.6 Å². The van der Waals surface area contributed by atoms with Crippen LogP contribution in [0.15, 0.2) is 0 Å². The minimum absolute atomic E-state index is 1.04. The van der Waals surface area contributed by atoms with Gasteiger partial charge in [0.15, 0.2) is 5.66 Å². The molecule has 0 fully saturated rings. The number of carbonyl (C=O) groups is 1. The van der Waals surface area contributed by atoms with Crippen LogP contribution in [-0.4, -0.2) is 36.3 Å². The first kappa shape index (κ1) is 11.3. The van der Waals surface area contributed by atoms with E-state index in [1.54, 1.807) is 0 Å². The summed E-state index contributed by atoms with van der Waals surface area (Å²) in [7, 11) is -4.71. The van der Waals surface area contributed by atoms with Crippen LogP contribution in [0.25, 0.3) is 0 Å². The van der Waals surface area contributed by atoms with Crippen molar-refractivity contribution in [3.63, 3.8) is 0 Å². The van der Waals surface area contributed by atoms with Crippen molar-refractivity contribution in [2.24, 2.45) is 11.5 Å². The maximum atomic E-state index is 10.1. The lowest BCUT2D eigenvalue weighted by atomic mass is 10.2. The van der Waals surface area contributed by atoms with Crippen LogP contribution in [0.3, 0.4) is 0 Å². The van der Waals surface area contributed by atoms with E-state index in [0.29, 0.717) is 0 Å². The average Bonchev–Trinajstić information content (AvgIpc) is 1.82. The van der Waals surface area contributed by atoms with Crippen LogP contribution in [0.1, 0.15) is 0 Å². The van der Waals surface area contributed by atoms with Crippen LogP contribution in [0, 0.1) is 0 Å². The summed E-state index contributed by atoms with van der Waals surface area (Å²) < 4.78 is 31.5. The van der Waals surface area contributed by atoms with Gasteiger partial charge in [0.25, 0.3) is 0 Å². The Hall–Kier alpha value is -0.740. The Kier molecular flexibility index (Phi) is 3.12. The molecule has 0 aromatic carbocycles. The first-order chi connectivity index (χ1) is 5.15. The summed E-state index contributed by atoms with van der Waals surface area (Å²) >= 11 is 0. The van der Waals surface area contributed by atoms with Crippen LogP contribution < -0.4 is 11.5 Å². The number of rotatable bonds is 4. The molecular formula is C3H8N2O6S. The molecule has 0 rings (SSSR count). The third kappa shape index (κ3) is 4.20. The smallest absolute Gasteiger partial charge is 0.397 e. The molecule has 0 spiro atoms. The van der Waals surface area contributed by atoms with E-state index in [2.05, 4.69) is 4.18 Å². The molecule has 0 saturated carbocycles. The van der Waals surface area contributed by atoms with Gasteiger partial charge in [0.1, 0.15) is 6.61 Å². The standard InChI is InChI=1S/C3H8N2O6S/c4-3(5,2(6)7)1-11-12(8,9)10/h1,4-5H2,(H,6,7)(H,8,9,10). The molecule has 0 aromatic rings. The first-order valence-corrected chi connectivity index (χ1v) is 3.95. The number of carboxylic acids is 1. The van der Waals surface area contributed by atoms with Gasteiger partial charge in [0.2, 0.25) is 0 Å². The predicted molar refractivity (Wildman–Crippen MR) is 36.2 cm³/mol. The highest BCUT2D eigenvalue weighted by Gasteiger charge is 2.31. The van der Waals surface area contributed by atoms with Crippen molar-refractivity contribution in [3.05, 3.63) is 0 Å². The normalized spacial score (nSPS) is 12.9. The fourth-order valence-corrected chi connectivity index (χ4v) is 0.578. The molecule has 6 N–H and O–H groups in total. The van der Waals surface area contributed by atoms with Gasteiger partial charge >= 0.3 is 16.4 Å². The Morgan fingerprint density at radius 2 is 1.92 bits per heavy atom. The Morgan fingerprint density at radius 3 is 2.17 bits per heavy atom. The van der Waals surface area contributed by atoms with Crippen LogP contribution in [0.4, 0.5) is 0 Å². The lowest BCUT2D eigenvalue weighted by Crippen LogP contribution is -2.60. The van der Waals surface area contributed by atoms with E-state index in [-0.39, 0.29) is 0 Å². The second-order valence-electron chi connectivity index (χ2n) is 2.04. The number of hydrogen-bond donors (Lipinski definition) is 4. The molecule has 0 radical (unpaired) electrons. The second kappa shape index (κ2) is 3.33. The molecule has 9 heteroatoms. The number of carboxylic acid groups (broad SMARTS) is 1. The summed E-state index contributed by atoms with van der Waals surface area (Å²) in [5.74, 6) is -1.65.